The predicted molar refractivity (Wildman–Crippen MR) is 202 cm³/mol. The van der Waals surface area contributed by atoms with Gasteiger partial charge in [-0.15, -0.1) is 0 Å². The highest BCUT2D eigenvalue weighted by Gasteiger charge is 2.21. The van der Waals surface area contributed by atoms with Crippen molar-refractivity contribution in [1.29, 1.82) is 0 Å². The largest absolute Gasteiger partial charge is 0.456 e. The van der Waals surface area contributed by atoms with Crippen LogP contribution in [0.3, 0.4) is 0 Å². The van der Waals surface area contributed by atoms with Gasteiger partial charge in [0.25, 0.3) is 0 Å². The minimum absolute atomic E-state index is 0.869. The van der Waals surface area contributed by atoms with Crippen LogP contribution < -0.4 is 4.90 Å². The molecule has 0 fully saturated rings. The van der Waals surface area contributed by atoms with Gasteiger partial charge in [-0.1, -0.05) is 146 Å². The fraction of sp³-hybridized carbons (Fsp3) is 0. The molecular formula is C46H31NO. The molecule has 0 radical (unpaired) electrons. The monoisotopic (exact) mass is 613 g/mol. The second kappa shape index (κ2) is 11.8. The Kier molecular flexibility index (Phi) is 6.84. The van der Waals surface area contributed by atoms with Crippen molar-refractivity contribution in [2.75, 3.05) is 4.90 Å². The van der Waals surface area contributed by atoms with Crippen molar-refractivity contribution in [2.24, 2.45) is 0 Å². The second-order valence-corrected chi connectivity index (χ2v) is 12.2. The Morgan fingerprint density at radius 3 is 1.56 bits per heavy atom. The van der Waals surface area contributed by atoms with E-state index in [0.717, 1.165) is 39.0 Å². The number of benzene rings is 8. The van der Waals surface area contributed by atoms with Gasteiger partial charge in [0.2, 0.25) is 0 Å². The highest BCUT2D eigenvalue weighted by molar-refractivity contribution is 6.15. The Balaban J connectivity index is 1.21. The first-order valence-electron chi connectivity index (χ1n) is 16.3. The first-order chi connectivity index (χ1) is 23.8. The summed E-state index contributed by atoms with van der Waals surface area (Å²) in [5.41, 5.74) is 12.2. The van der Waals surface area contributed by atoms with Crippen LogP contribution in [0.2, 0.25) is 0 Å². The summed E-state index contributed by atoms with van der Waals surface area (Å²) in [4.78, 5) is 2.39. The third-order valence-electron chi connectivity index (χ3n) is 9.28. The lowest BCUT2D eigenvalue weighted by Gasteiger charge is -2.27. The molecule has 0 unspecified atom stereocenters. The van der Waals surface area contributed by atoms with Gasteiger partial charge in [-0.3, -0.25) is 0 Å². The van der Waals surface area contributed by atoms with E-state index in [4.69, 9.17) is 4.42 Å². The van der Waals surface area contributed by atoms with Gasteiger partial charge in [0, 0.05) is 16.5 Å². The minimum atomic E-state index is 0.869. The zero-order chi connectivity index (χ0) is 31.9. The van der Waals surface area contributed by atoms with Crippen LogP contribution in [0.25, 0.3) is 66.1 Å². The molecule has 0 saturated heterocycles. The van der Waals surface area contributed by atoms with Gasteiger partial charge in [0.1, 0.15) is 11.2 Å². The predicted octanol–water partition coefficient (Wildman–Crippen LogP) is 13.2. The van der Waals surface area contributed by atoms with E-state index in [9.17, 15) is 0 Å². The number of fused-ring (bicyclic) bond motifs is 4. The molecule has 0 saturated carbocycles. The van der Waals surface area contributed by atoms with Crippen molar-refractivity contribution in [1.82, 2.24) is 0 Å². The van der Waals surface area contributed by atoms with Crippen LogP contribution in [0.15, 0.2) is 192 Å². The highest BCUT2D eigenvalue weighted by atomic mass is 16.3. The van der Waals surface area contributed by atoms with Crippen molar-refractivity contribution >= 4 is 49.8 Å². The molecule has 0 atom stereocenters. The summed E-state index contributed by atoms with van der Waals surface area (Å²) >= 11 is 0. The maximum Gasteiger partial charge on any atom is 0.137 e. The van der Waals surface area contributed by atoms with Crippen molar-refractivity contribution in [3.63, 3.8) is 0 Å². The van der Waals surface area contributed by atoms with Gasteiger partial charge in [0.15, 0.2) is 0 Å². The lowest BCUT2D eigenvalue weighted by atomic mass is 9.99. The molecule has 0 bridgehead atoms. The molecule has 2 nitrogen and oxygen atoms in total. The summed E-state index contributed by atoms with van der Waals surface area (Å²) in [5, 5.41) is 4.59. The molecule has 0 amide bonds. The number of furan rings is 1. The second-order valence-electron chi connectivity index (χ2n) is 12.2. The van der Waals surface area contributed by atoms with Gasteiger partial charge in [-0.05, 0) is 81.2 Å². The molecule has 0 N–H and O–H groups in total. The number of rotatable bonds is 6. The summed E-state index contributed by atoms with van der Waals surface area (Å²) in [5.74, 6) is 0. The van der Waals surface area contributed by atoms with E-state index < -0.39 is 0 Å². The van der Waals surface area contributed by atoms with Crippen molar-refractivity contribution in [2.45, 2.75) is 0 Å². The lowest BCUT2D eigenvalue weighted by molar-refractivity contribution is 0.669. The molecule has 226 valence electrons. The normalized spacial score (nSPS) is 11.3. The van der Waals surface area contributed by atoms with E-state index in [1.54, 1.807) is 0 Å². The zero-order valence-corrected chi connectivity index (χ0v) is 26.3. The van der Waals surface area contributed by atoms with Crippen molar-refractivity contribution in [3.8, 4) is 33.4 Å². The quantitative estimate of drug-likeness (QED) is 0.185. The van der Waals surface area contributed by atoms with Crippen LogP contribution in [0.5, 0.6) is 0 Å². The molecular weight excluding hydrogens is 583 g/mol. The van der Waals surface area contributed by atoms with Gasteiger partial charge in [0.05, 0.1) is 16.8 Å². The molecule has 0 aliphatic carbocycles. The third kappa shape index (κ3) is 4.92. The van der Waals surface area contributed by atoms with Gasteiger partial charge in [-0.25, -0.2) is 0 Å². The van der Waals surface area contributed by atoms with Crippen LogP contribution in [0.4, 0.5) is 17.1 Å². The van der Waals surface area contributed by atoms with E-state index in [1.807, 2.05) is 0 Å². The van der Waals surface area contributed by atoms with Crippen LogP contribution in [-0.2, 0) is 0 Å². The molecule has 0 aliphatic heterocycles. The molecule has 1 aromatic heterocycles. The number of hydrogen-bond donors (Lipinski definition) is 0. The first kappa shape index (κ1) is 27.9. The Hall–Kier alpha value is -6.38. The van der Waals surface area contributed by atoms with E-state index in [-0.39, 0.29) is 0 Å². The number of anilines is 3. The molecule has 9 aromatic rings. The molecule has 48 heavy (non-hydrogen) atoms. The molecule has 1 heterocycles. The van der Waals surface area contributed by atoms with E-state index >= 15 is 0 Å². The Morgan fingerprint density at radius 1 is 0.333 bits per heavy atom. The van der Waals surface area contributed by atoms with E-state index in [2.05, 4.69) is 193 Å². The molecule has 9 rings (SSSR count). The molecule has 2 heteroatoms. The van der Waals surface area contributed by atoms with Crippen LogP contribution in [0.1, 0.15) is 0 Å². The molecule has 8 aromatic carbocycles. The summed E-state index contributed by atoms with van der Waals surface area (Å²) < 4.78 is 6.49. The topological polar surface area (TPSA) is 16.4 Å². The molecule has 0 spiro atoms. The lowest BCUT2D eigenvalue weighted by Crippen LogP contribution is -2.10. The first-order valence-corrected chi connectivity index (χ1v) is 16.3. The summed E-state index contributed by atoms with van der Waals surface area (Å²) in [7, 11) is 0. The summed E-state index contributed by atoms with van der Waals surface area (Å²) in [6.45, 7) is 0. The Labute approximate surface area is 279 Å². The van der Waals surface area contributed by atoms with Crippen LogP contribution in [-0.4, -0.2) is 0 Å². The average Bonchev–Trinajstić information content (AvgIpc) is 3.55. The molecule has 0 aliphatic rings. The van der Waals surface area contributed by atoms with Gasteiger partial charge in [-0.2, -0.15) is 0 Å². The van der Waals surface area contributed by atoms with E-state index in [0.29, 0.717) is 0 Å². The smallest absolute Gasteiger partial charge is 0.137 e. The summed E-state index contributed by atoms with van der Waals surface area (Å²) in [6.07, 6.45) is 0. The van der Waals surface area contributed by atoms with Crippen molar-refractivity contribution < 1.29 is 4.42 Å². The average molecular weight is 614 g/mol. The maximum atomic E-state index is 6.49. The van der Waals surface area contributed by atoms with E-state index in [1.165, 1.54) is 44.2 Å². The summed E-state index contributed by atoms with van der Waals surface area (Å²) in [6, 6.07) is 66.9. The van der Waals surface area contributed by atoms with Crippen molar-refractivity contribution in [3.05, 3.63) is 188 Å². The number of hydrogen-bond acceptors (Lipinski definition) is 2. The standard InChI is InChI=1S/C46H31NO/c1-3-11-32(12-4-1)34-21-23-35(24-22-34)36-25-28-39(29-26-36)47(42-18-9-16-37-15-7-8-17-40(37)42)43-19-10-20-45-46(43)41-31-38(27-30-44(41)48-45)33-13-5-2-6-14-33/h1-31H. The SMILES string of the molecule is c1ccc(-c2ccc(-c3ccc(N(c4cccc5ccccc45)c4cccc5oc6ccc(-c7ccccc7)cc6c45)cc3)cc2)cc1. The van der Waals surface area contributed by atoms with Gasteiger partial charge >= 0.3 is 0 Å². The fourth-order valence-electron chi connectivity index (χ4n) is 6.90. The minimum Gasteiger partial charge on any atom is -0.456 e. The van der Waals surface area contributed by atoms with Gasteiger partial charge < -0.3 is 9.32 Å². The highest BCUT2D eigenvalue weighted by Crippen LogP contribution is 2.45. The Morgan fingerprint density at radius 2 is 0.854 bits per heavy atom. The zero-order valence-electron chi connectivity index (χ0n) is 26.3. The Bertz CT molecular complexity index is 2530. The van der Waals surface area contributed by atoms with Crippen LogP contribution >= 0.6 is 0 Å². The maximum absolute atomic E-state index is 6.49. The fourth-order valence-corrected chi connectivity index (χ4v) is 6.90. The number of nitrogens with zero attached hydrogens (tertiary/aromatic N) is 1. The van der Waals surface area contributed by atoms with Crippen LogP contribution in [0, 0.1) is 0 Å². The third-order valence-corrected chi connectivity index (χ3v) is 9.28.